The van der Waals surface area contributed by atoms with Crippen LogP contribution < -0.4 is 10.1 Å². The van der Waals surface area contributed by atoms with Crippen molar-refractivity contribution in [1.29, 1.82) is 0 Å². The van der Waals surface area contributed by atoms with E-state index in [9.17, 15) is 4.39 Å². The van der Waals surface area contributed by atoms with Gasteiger partial charge in [0.2, 0.25) is 0 Å². The molecule has 2 nitrogen and oxygen atoms in total. The van der Waals surface area contributed by atoms with Gasteiger partial charge in [-0.15, -0.1) is 0 Å². The maximum atomic E-state index is 13.7. The average molecular weight is 352 g/mol. The lowest BCUT2D eigenvalue weighted by Gasteiger charge is -2.22. The van der Waals surface area contributed by atoms with Crippen LogP contribution in [0.15, 0.2) is 46.9 Å². The van der Waals surface area contributed by atoms with Crippen molar-refractivity contribution in [1.82, 2.24) is 5.32 Å². The van der Waals surface area contributed by atoms with E-state index in [1.807, 2.05) is 24.3 Å². The molecule has 112 valence electrons. The third kappa shape index (κ3) is 4.05. The number of hydrogen-bond acceptors (Lipinski definition) is 2. The standard InChI is InChI=1S/C17H19BrFNO/c1-3-10-20-17(12-4-6-13(18)7-5-12)15-11-14(19)8-9-16(15)21-2/h4-9,11,17,20H,3,10H2,1-2H3. The molecule has 0 saturated carbocycles. The minimum atomic E-state index is -0.258. The van der Waals surface area contributed by atoms with Gasteiger partial charge in [0, 0.05) is 10.0 Å². The van der Waals surface area contributed by atoms with E-state index < -0.39 is 0 Å². The molecule has 0 aliphatic rings. The first-order valence-corrected chi connectivity index (χ1v) is 7.77. The van der Waals surface area contributed by atoms with Crippen molar-refractivity contribution in [2.24, 2.45) is 0 Å². The molecule has 1 atom stereocenters. The Labute approximate surface area is 133 Å². The van der Waals surface area contributed by atoms with Gasteiger partial charge in [0.15, 0.2) is 0 Å². The van der Waals surface area contributed by atoms with Crippen LogP contribution in [0, 0.1) is 5.82 Å². The lowest BCUT2D eigenvalue weighted by Crippen LogP contribution is -2.23. The number of methoxy groups -OCH3 is 1. The van der Waals surface area contributed by atoms with Gasteiger partial charge >= 0.3 is 0 Å². The Bertz CT molecular complexity index is 586. The van der Waals surface area contributed by atoms with Crippen LogP contribution in [-0.4, -0.2) is 13.7 Å². The van der Waals surface area contributed by atoms with Gasteiger partial charge in [-0.2, -0.15) is 0 Å². The van der Waals surface area contributed by atoms with Gasteiger partial charge < -0.3 is 10.1 Å². The number of halogens is 2. The second-order valence-electron chi connectivity index (χ2n) is 4.82. The number of rotatable bonds is 6. The summed E-state index contributed by atoms with van der Waals surface area (Å²) in [5.41, 5.74) is 1.89. The van der Waals surface area contributed by atoms with Gasteiger partial charge in [-0.25, -0.2) is 4.39 Å². The van der Waals surface area contributed by atoms with Crippen LogP contribution in [0.3, 0.4) is 0 Å². The van der Waals surface area contributed by atoms with Crippen LogP contribution in [0.5, 0.6) is 5.75 Å². The summed E-state index contributed by atoms with van der Waals surface area (Å²) in [4.78, 5) is 0. The van der Waals surface area contributed by atoms with E-state index in [0.29, 0.717) is 5.75 Å². The first kappa shape index (κ1) is 16.0. The molecule has 1 N–H and O–H groups in total. The minimum absolute atomic E-state index is 0.0938. The molecule has 0 aliphatic heterocycles. The topological polar surface area (TPSA) is 21.3 Å². The van der Waals surface area contributed by atoms with Crippen LogP contribution >= 0.6 is 15.9 Å². The monoisotopic (exact) mass is 351 g/mol. The highest BCUT2D eigenvalue weighted by atomic mass is 79.9. The summed E-state index contributed by atoms with van der Waals surface area (Å²) < 4.78 is 20.1. The lowest BCUT2D eigenvalue weighted by atomic mass is 9.97. The predicted octanol–water partition coefficient (Wildman–Crippen LogP) is 4.69. The SMILES string of the molecule is CCCNC(c1ccc(Br)cc1)c1cc(F)ccc1OC. The van der Waals surface area contributed by atoms with Crippen LogP contribution in [0.25, 0.3) is 0 Å². The Morgan fingerprint density at radius 3 is 2.52 bits per heavy atom. The summed E-state index contributed by atoms with van der Waals surface area (Å²) in [6.07, 6.45) is 1.00. The maximum absolute atomic E-state index is 13.7. The first-order chi connectivity index (χ1) is 10.2. The zero-order chi connectivity index (χ0) is 15.2. The van der Waals surface area contributed by atoms with Crippen molar-refractivity contribution in [3.8, 4) is 5.75 Å². The second-order valence-corrected chi connectivity index (χ2v) is 5.74. The zero-order valence-corrected chi connectivity index (χ0v) is 13.8. The number of nitrogens with one attached hydrogen (secondary N) is 1. The number of hydrogen-bond donors (Lipinski definition) is 1. The molecule has 0 aliphatic carbocycles. The van der Waals surface area contributed by atoms with Crippen LogP contribution in [0.2, 0.25) is 0 Å². The molecule has 0 heterocycles. The molecule has 1 unspecified atom stereocenters. The lowest BCUT2D eigenvalue weighted by molar-refractivity contribution is 0.402. The van der Waals surface area contributed by atoms with E-state index >= 15 is 0 Å². The van der Waals surface area contributed by atoms with Gasteiger partial charge in [0.05, 0.1) is 13.2 Å². The Hall–Kier alpha value is -1.39. The van der Waals surface area contributed by atoms with Crippen molar-refractivity contribution in [3.05, 3.63) is 63.9 Å². The summed E-state index contributed by atoms with van der Waals surface area (Å²) in [7, 11) is 1.61. The van der Waals surface area contributed by atoms with E-state index in [4.69, 9.17) is 4.74 Å². The highest BCUT2D eigenvalue weighted by Gasteiger charge is 2.18. The smallest absolute Gasteiger partial charge is 0.124 e. The van der Waals surface area contributed by atoms with Crippen LogP contribution in [-0.2, 0) is 0 Å². The zero-order valence-electron chi connectivity index (χ0n) is 12.2. The Balaban J connectivity index is 2.44. The molecule has 4 heteroatoms. The highest BCUT2D eigenvalue weighted by Crippen LogP contribution is 2.31. The fourth-order valence-corrected chi connectivity index (χ4v) is 2.55. The molecule has 0 saturated heterocycles. The van der Waals surface area contributed by atoms with E-state index in [-0.39, 0.29) is 11.9 Å². The van der Waals surface area contributed by atoms with Crippen LogP contribution in [0.1, 0.15) is 30.5 Å². The van der Waals surface area contributed by atoms with Gasteiger partial charge in [0.1, 0.15) is 11.6 Å². The van der Waals surface area contributed by atoms with E-state index in [1.165, 1.54) is 12.1 Å². The molecule has 0 aromatic heterocycles. The summed E-state index contributed by atoms with van der Waals surface area (Å²) in [5, 5.41) is 3.46. The van der Waals surface area contributed by atoms with E-state index in [2.05, 4.69) is 28.2 Å². The molecule has 0 spiro atoms. The molecule has 0 radical (unpaired) electrons. The molecule has 0 bridgehead atoms. The highest BCUT2D eigenvalue weighted by molar-refractivity contribution is 9.10. The number of benzene rings is 2. The summed E-state index contributed by atoms with van der Waals surface area (Å²) in [6.45, 7) is 2.95. The van der Waals surface area contributed by atoms with Crippen molar-refractivity contribution < 1.29 is 9.13 Å². The van der Waals surface area contributed by atoms with Gasteiger partial charge in [-0.1, -0.05) is 35.0 Å². The first-order valence-electron chi connectivity index (χ1n) is 6.98. The quantitative estimate of drug-likeness (QED) is 0.815. The molecule has 0 amide bonds. The average Bonchev–Trinajstić information content (AvgIpc) is 2.49. The third-order valence-corrected chi connectivity index (χ3v) is 3.83. The second kappa shape index (κ2) is 7.57. The fourth-order valence-electron chi connectivity index (χ4n) is 2.28. The normalized spacial score (nSPS) is 12.2. The van der Waals surface area contributed by atoms with Crippen molar-refractivity contribution >= 4 is 15.9 Å². The van der Waals surface area contributed by atoms with Gasteiger partial charge in [-0.3, -0.25) is 0 Å². The largest absolute Gasteiger partial charge is 0.496 e. The molecule has 0 fully saturated rings. The Morgan fingerprint density at radius 1 is 1.19 bits per heavy atom. The third-order valence-electron chi connectivity index (χ3n) is 3.30. The minimum Gasteiger partial charge on any atom is -0.496 e. The predicted molar refractivity (Wildman–Crippen MR) is 87.2 cm³/mol. The van der Waals surface area contributed by atoms with Crippen molar-refractivity contribution in [3.63, 3.8) is 0 Å². The summed E-state index contributed by atoms with van der Waals surface area (Å²) in [5.74, 6) is 0.430. The Kier molecular flexibility index (Phi) is 5.76. The molecule has 2 aromatic rings. The van der Waals surface area contributed by atoms with Gasteiger partial charge in [0.25, 0.3) is 0 Å². The summed E-state index contributed by atoms with van der Waals surface area (Å²) in [6, 6.07) is 12.6. The molecular weight excluding hydrogens is 333 g/mol. The van der Waals surface area contributed by atoms with Gasteiger partial charge in [-0.05, 0) is 48.9 Å². The Morgan fingerprint density at radius 2 is 1.90 bits per heavy atom. The van der Waals surface area contributed by atoms with E-state index in [1.54, 1.807) is 13.2 Å². The maximum Gasteiger partial charge on any atom is 0.124 e. The number of ether oxygens (including phenoxy) is 1. The molecular formula is C17H19BrFNO. The van der Waals surface area contributed by atoms with Crippen LogP contribution in [0.4, 0.5) is 4.39 Å². The molecule has 21 heavy (non-hydrogen) atoms. The molecule has 2 rings (SSSR count). The van der Waals surface area contributed by atoms with Crippen molar-refractivity contribution in [2.45, 2.75) is 19.4 Å². The van der Waals surface area contributed by atoms with Crippen molar-refractivity contribution in [2.75, 3.05) is 13.7 Å². The summed E-state index contributed by atoms with van der Waals surface area (Å²) >= 11 is 3.44. The molecule has 2 aromatic carbocycles. The van der Waals surface area contributed by atoms with E-state index in [0.717, 1.165) is 28.6 Å². The fraction of sp³-hybridized carbons (Fsp3) is 0.294.